The van der Waals surface area contributed by atoms with E-state index < -0.39 is 11.7 Å². The van der Waals surface area contributed by atoms with Gasteiger partial charge in [-0.05, 0) is 30.2 Å². The smallest absolute Gasteiger partial charge is 0.258 e. The van der Waals surface area contributed by atoms with E-state index in [4.69, 9.17) is 11.6 Å². The van der Waals surface area contributed by atoms with Gasteiger partial charge >= 0.3 is 0 Å². The summed E-state index contributed by atoms with van der Waals surface area (Å²) in [7, 11) is 0. The maximum Gasteiger partial charge on any atom is 0.258 e. The van der Waals surface area contributed by atoms with Crippen LogP contribution in [0.1, 0.15) is 29.3 Å². The average Bonchev–Trinajstić information content (AvgIpc) is 2.44. The summed E-state index contributed by atoms with van der Waals surface area (Å²) < 4.78 is 13.1. The number of aromatic nitrogens is 1. The number of hydrogen-bond acceptors (Lipinski definition) is 2. The highest BCUT2D eigenvalue weighted by molar-refractivity contribution is 6.33. The molecule has 0 radical (unpaired) electrons. The van der Waals surface area contributed by atoms with Gasteiger partial charge in [-0.15, -0.1) is 0 Å². The predicted octanol–water partition coefficient (Wildman–Crippen LogP) is 4.08. The summed E-state index contributed by atoms with van der Waals surface area (Å²) in [4.78, 5) is 15.6. The molecule has 2 rings (SSSR count). The second kappa shape index (κ2) is 6.48. The summed E-state index contributed by atoms with van der Waals surface area (Å²) >= 11 is 5.79. The molecule has 0 unspecified atom stereocenters. The van der Waals surface area contributed by atoms with Crippen molar-refractivity contribution < 1.29 is 9.18 Å². The third-order valence-electron chi connectivity index (χ3n) is 2.80. The number of carbonyl (C=O) groups excluding carboxylic acids is 1. The Labute approximate surface area is 121 Å². The van der Waals surface area contributed by atoms with Crippen molar-refractivity contribution in [1.29, 1.82) is 0 Å². The molecule has 104 valence electrons. The molecule has 1 aromatic carbocycles. The van der Waals surface area contributed by atoms with Crippen LogP contribution >= 0.6 is 11.6 Å². The normalized spacial score (nSPS) is 10.3. The van der Waals surface area contributed by atoms with Crippen LogP contribution in [0, 0.1) is 5.82 Å². The van der Waals surface area contributed by atoms with E-state index in [1.54, 1.807) is 0 Å². The van der Waals surface area contributed by atoms with Crippen LogP contribution in [-0.2, 0) is 6.42 Å². The van der Waals surface area contributed by atoms with E-state index in [1.165, 1.54) is 5.56 Å². The van der Waals surface area contributed by atoms with Crippen molar-refractivity contribution in [1.82, 2.24) is 4.98 Å². The number of nitrogens with one attached hydrogen (secondary N) is 1. The van der Waals surface area contributed by atoms with E-state index in [0.29, 0.717) is 5.69 Å². The van der Waals surface area contributed by atoms with Gasteiger partial charge in [0.25, 0.3) is 5.91 Å². The fourth-order valence-electron chi connectivity index (χ4n) is 1.82. The van der Waals surface area contributed by atoms with E-state index in [0.717, 1.165) is 25.1 Å². The lowest BCUT2D eigenvalue weighted by atomic mass is 10.1. The van der Waals surface area contributed by atoms with Gasteiger partial charge in [0.05, 0.1) is 11.8 Å². The molecule has 5 heteroatoms. The maximum absolute atomic E-state index is 13.1. The number of anilines is 1. The van der Waals surface area contributed by atoms with Crippen molar-refractivity contribution in [3.8, 4) is 0 Å². The molecule has 0 bridgehead atoms. The molecule has 20 heavy (non-hydrogen) atoms. The molecule has 0 aliphatic rings. The van der Waals surface area contributed by atoms with Gasteiger partial charge in [-0.3, -0.25) is 4.79 Å². The Hall–Kier alpha value is -1.94. The number of aryl methyl sites for hydroxylation is 1. The van der Waals surface area contributed by atoms with Gasteiger partial charge in [-0.2, -0.15) is 0 Å². The first-order valence-corrected chi connectivity index (χ1v) is 6.69. The van der Waals surface area contributed by atoms with Crippen LogP contribution in [0.3, 0.4) is 0 Å². The average molecular weight is 293 g/mol. The highest BCUT2D eigenvalue weighted by atomic mass is 35.5. The molecule has 0 saturated heterocycles. The third kappa shape index (κ3) is 3.54. The van der Waals surface area contributed by atoms with Crippen LogP contribution in [0.25, 0.3) is 0 Å². The summed E-state index contributed by atoms with van der Waals surface area (Å²) in [5.74, 6) is -1.08. The van der Waals surface area contributed by atoms with Crippen molar-refractivity contribution in [2.45, 2.75) is 19.8 Å². The Bertz CT molecular complexity index is 614. The zero-order chi connectivity index (χ0) is 14.5. The van der Waals surface area contributed by atoms with Crippen LogP contribution in [-0.4, -0.2) is 10.9 Å². The monoisotopic (exact) mass is 292 g/mol. The topological polar surface area (TPSA) is 42.0 Å². The molecule has 1 N–H and O–H groups in total. The molecule has 0 saturated carbocycles. The Kier molecular flexibility index (Phi) is 4.69. The quantitative estimate of drug-likeness (QED) is 0.863. The molecule has 0 aliphatic heterocycles. The highest BCUT2D eigenvalue weighted by Crippen LogP contribution is 2.17. The molecule has 0 atom stereocenters. The zero-order valence-corrected chi connectivity index (χ0v) is 11.7. The molecule has 1 amide bonds. The number of halogens is 2. The fourth-order valence-corrected chi connectivity index (χ4v) is 2.01. The number of amides is 1. The summed E-state index contributed by atoms with van der Waals surface area (Å²) in [5.41, 5.74) is 1.86. The molecule has 0 spiro atoms. The Balaban J connectivity index is 2.13. The minimum absolute atomic E-state index is 0.0179. The molecule has 1 aromatic heterocycles. The Morgan fingerprint density at radius 1 is 1.35 bits per heavy atom. The predicted molar refractivity (Wildman–Crippen MR) is 77.6 cm³/mol. The lowest BCUT2D eigenvalue weighted by Gasteiger charge is -2.07. The van der Waals surface area contributed by atoms with Crippen molar-refractivity contribution in [3.05, 3.63) is 58.6 Å². The largest absolute Gasteiger partial charge is 0.322 e. The first-order valence-electron chi connectivity index (χ1n) is 6.31. The van der Waals surface area contributed by atoms with Gasteiger partial charge in [0.2, 0.25) is 0 Å². The number of benzene rings is 1. The van der Waals surface area contributed by atoms with Crippen molar-refractivity contribution in [2.24, 2.45) is 0 Å². The molecule has 1 heterocycles. The van der Waals surface area contributed by atoms with E-state index in [2.05, 4.69) is 17.2 Å². The van der Waals surface area contributed by atoms with Crippen molar-refractivity contribution in [2.75, 3.05) is 5.32 Å². The molecular weight excluding hydrogens is 279 g/mol. The lowest BCUT2D eigenvalue weighted by molar-refractivity contribution is 0.102. The second-order valence-corrected chi connectivity index (χ2v) is 4.75. The first-order chi connectivity index (χ1) is 9.60. The summed E-state index contributed by atoms with van der Waals surface area (Å²) in [6, 6.07) is 8.58. The molecule has 2 aromatic rings. The van der Waals surface area contributed by atoms with Crippen LogP contribution in [0.15, 0.2) is 36.5 Å². The van der Waals surface area contributed by atoms with E-state index >= 15 is 0 Å². The van der Waals surface area contributed by atoms with E-state index in [-0.39, 0.29) is 10.7 Å². The van der Waals surface area contributed by atoms with Crippen LogP contribution < -0.4 is 5.32 Å². The Morgan fingerprint density at radius 3 is 2.70 bits per heavy atom. The number of nitrogens with zero attached hydrogens (tertiary/aromatic N) is 1. The van der Waals surface area contributed by atoms with Gasteiger partial charge in [-0.25, -0.2) is 9.37 Å². The molecule has 0 aliphatic carbocycles. The standard InChI is InChI=1S/C15H14ClFN2O/c1-2-3-10-4-6-12(7-5-10)19-15(20)13-8-11(17)9-18-14(13)16/h4-9H,2-3H2,1H3,(H,19,20). The second-order valence-electron chi connectivity index (χ2n) is 4.39. The molecular formula is C15H14ClFN2O. The number of pyridine rings is 1. The van der Waals surface area contributed by atoms with Gasteiger partial charge in [-0.1, -0.05) is 37.1 Å². The Morgan fingerprint density at radius 2 is 2.05 bits per heavy atom. The first kappa shape index (κ1) is 14.5. The van der Waals surface area contributed by atoms with Crippen molar-refractivity contribution >= 4 is 23.2 Å². The third-order valence-corrected chi connectivity index (χ3v) is 3.10. The highest BCUT2D eigenvalue weighted by Gasteiger charge is 2.12. The number of hydrogen-bond donors (Lipinski definition) is 1. The lowest BCUT2D eigenvalue weighted by Crippen LogP contribution is -2.13. The maximum atomic E-state index is 13.1. The number of carbonyl (C=O) groups is 1. The van der Waals surface area contributed by atoms with E-state index in [9.17, 15) is 9.18 Å². The summed E-state index contributed by atoms with van der Waals surface area (Å²) in [6.07, 6.45) is 3.03. The summed E-state index contributed by atoms with van der Waals surface area (Å²) in [5, 5.41) is 2.64. The summed E-state index contributed by atoms with van der Waals surface area (Å²) in [6.45, 7) is 2.11. The van der Waals surface area contributed by atoms with Gasteiger partial charge < -0.3 is 5.32 Å². The van der Waals surface area contributed by atoms with Gasteiger partial charge in [0.1, 0.15) is 11.0 Å². The SMILES string of the molecule is CCCc1ccc(NC(=O)c2cc(F)cnc2Cl)cc1. The van der Waals surface area contributed by atoms with Crippen molar-refractivity contribution in [3.63, 3.8) is 0 Å². The minimum Gasteiger partial charge on any atom is -0.322 e. The van der Waals surface area contributed by atoms with E-state index in [1.807, 2.05) is 24.3 Å². The van der Waals surface area contributed by atoms with Crippen LogP contribution in [0.2, 0.25) is 5.15 Å². The van der Waals surface area contributed by atoms with Crippen LogP contribution in [0.4, 0.5) is 10.1 Å². The van der Waals surface area contributed by atoms with Gasteiger partial charge in [0, 0.05) is 5.69 Å². The van der Waals surface area contributed by atoms with Gasteiger partial charge in [0.15, 0.2) is 0 Å². The minimum atomic E-state index is -0.599. The fraction of sp³-hybridized carbons (Fsp3) is 0.200. The molecule has 0 fully saturated rings. The van der Waals surface area contributed by atoms with Crippen LogP contribution in [0.5, 0.6) is 0 Å². The number of rotatable bonds is 4. The zero-order valence-electron chi connectivity index (χ0n) is 11.0. The molecule has 3 nitrogen and oxygen atoms in total.